The molecule has 200 valence electrons. The minimum absolute atomic E-state index is 0.0815. The maximum atomic E-state index is 13.8. The van der Waals surface area contributed by atoms with E-state index in [0.29, 0.717) is 17.5 Å². The Hall–Kier alpha value is -3.78. The van der Waals surface area contributed by atoms with Crippen LogP contribution in [0, 0.1) is 11.8 Å². The van der Waals surface area contributed by atoms with E-state index in [1.54, 1.807) is 0 Å². The van der Waals surface area contributed by atoms with E-state index >= 15 is 0 Å². The smallest absolute Gasteiger partial charge is 0.407 e. The molecule has 1 aliphatic carbocycles. The third-order valence-electron chi connectivity index (χ3n) is 8.39. The third kappa shape index (κ3) is 3.92. The quantitative estimate of drug-likeness (QED) is 0.330. The number of fused-ring (bicyclic) bond motifs is 7. The topological polar surface area (TPSA) is 96.6 Å². The molecule has 0 radical (unpaired) electrons. The number of benzene rings is 3. The molecule has 7 rings (SSSR count). The Kier molecular flexibility index (Phi) is 5.53. The first-order valence-electron chi connectivity index (χ1n) is 13.4. The summed E-state index contributed by atoms with van der Waals surface area (Å²) in [4.78, 5) is 36.2. The molecule has 3 aliphatic rings. The molecule has 3 aromatic carbocycles. The highest BCUT2D eigenvalue weighted by Crippen LogP contribution is 2.53. The number of alkyl carbamates (subject to hydrolysis) is 1. The monoisotopic (exact) mass is 544 g/mol. The molecule has 39 heavy (non-hydrogen) atoms. The Morgan fingerprint density at radius 2 is 2.00 bits per heavy atom. The van der Waals surface area contributed by atoms with Crippen molar-refractivity contribution >= 4 is 45.4 Å². The number of nitrogens with one attached hydrogen (secondary N) is 2. The van der Waals surface area contributed by atoms with Gasteiger partial charge in [-0.25, -0.2) is 9.78 Å². The largest absolute Gasteiger partial charge is 0.488 e. The van der Waals surface area contributed by atoms with Crippen LogP contribution < -0.4 is 10.1 Å². The van der Waals surface area contributed by atoms with Crippen LogP contribution in [-0.2, 0) is 16.1 Å². The molecule has 1 saturated heterocycles. The summed E-state index contributed by atoms with van der Waals surface area (Å²) in [7, 11) is 1.31. The van der Waals surface area contributed by atoms with Crippen LogP contribution in [0.4, 0.5) is 4.79 Å². The van der Waals surface area contributed by atoms with E-state index in [2.05, 4.69) is 28.5 Å². The molecule has 2 fully saturated rings. The zero-order valence-electron chi connectivity index (χ0n) is 22.0. The Labute approximate surface area is 230 Å². The average molecular weight is 545 g/mol. The number of likely N-dealkylation sites (tertiary alicyclic amines) is 1. The fourth-order valence-corrected chi connectivity index (χ4v) is 6.50. The van der Waals surface area contributed by atoms with E-state index in [1.807, 2.05) is 43.0 Å². The summed E-state index contributed by atoms with van der Waals surface area (Å²) in [6, 6.07) is 13.6. The van der Waals surface area contributed by atoms with Gasteiger partial charge in [0.25, 0.3) is 0 Å². The number of halogens is 1. The average Bonchev–Trinajstić information content (AvgIpc) is 3.37. The van der Waals surface area contributed by atoms with E-state index in [1.165, 1.54) is 7.11 Å². The first-order valence-corrected chi connectivity index (χ1v) is 13.7. The second-order valence-corrected chi connectivity index (χ2v) is 11.6. The van der Waals surface area contributed by atoms with Gasteiger partial charge in [0.15, 0.2) is 0 Å². The van der Waals surface area contributed by atoms with Crippen molar-refractivity contribution in [3.63, 3.8) is 0 Å². The number of rotatable bonds is 4. The minimum Gasteiger partial charge on any atom is -0.488 e. The van der Waals surface area contributed by atoms with Crippen LogP contribution in [0.5, 0.6) is 5.75 Å². The molecule has 0 spiro atoms. The fraction of sp³-hybridized carbons (Fsp3) is 0.367. The number of imidazole rings is 1. The van der Waals surface area contributed by atoms with Crippen molar-refractivity contribution in [1.82, 2.24) is 20.2 Å². The molecule has 2 amide bonds. The minimum atomic E-state index is -0.661. The van der Waals surface area contributed by atoms with Gasteiger partial charge >= 0.3 is 6.09 Å². The highest BCUT2D eigenvalue weighted by atomic mass is 35.5. The first kappa shape index (κ1) is 24.3. The van der Waals surface area contributed by atoms with Gasteiger partial charge in [0.1, 0.15) is 24.2 Å². The molecule has 2 N–H and O–H groups in total. The summed E-state index contributed by atoms with van der Waals surface area (Å²) in [5.74, 6) is 1.89. The number of carbonyl (C=O) groups excluding carboxylic acids is 2. The Balaban J connectivity index is 1.26. The summed E-state index contributed by atoms with van der Waals surface area (Å²) >= 11 is 6.21. The Morgan fingerprint density at radius 1 is 1.15 bits per heavy atom. The number of nitrogens with zero attached hydrogens (tertiary/aromatic N) is 2. The maximum absolute atomic E-state index is 13.8. The van der Waals surface area contributed by atoms with Gasteiger partial charge in [-0.05, 0) is 71.5 Å². The van der Waals surface area contributed by atoms with Crippen LogP contribution in [0.3, 0.4) is 0 Å². The first-order chi connectivity index (χ1) is 18.8. The summed E-state index contributed by atoms with van der Waals surface area (Å²) < 4.78 is 10.9. The number of H-pyrrole nitrogens is 1. The summed E-state index contributed by atoms with van der Waals surface area (Å²) in [5, 5.41) is 5.50. The predicted molar refractivity (Wildman–Crippen MR) is 149 cm³/mol. The normalized spacial score (nSPS) is 21.8. The molecule has 8 nitrogen and oxygen atoms in total. The van der Waals surface area contributed by atoms with Gasteiger partial charge in [-0.3, -0.25) is 4.79 Å². The van der Waals surface area contributed by atoms with Gasteiger partial charge in [-0.2, -0.15) is 0 Å². The number of methoxy groups -OCH3 is 1. The van der Waals surface area contributed by atoms with Crippen molar-refractivity contribution in [1.29, 1.82) is 0 Å². The van der Waals surface area contributed by atoms with Gasteiger partial charge < -0.3 is 24.7 Å². The Bertz CT molecular complexity index is 1660. The molecular formula is C30H29ClN4O4. The van der Waals surface area contributed by atoms with Gasteiger partial charge in [0.05, 0.1) is 24.2 Å². The summed E-state index contributed by atoms with van der Waals surface area (Å²) in [5.41, 5.74) is 5.02. The van der Waals surface area contributed by atoms with E-state index in [-0.39, 0.29) is 23.9 Å². The lowest BCUT2D eigenvalue weighted by atomic mass is 9.94. The van der Waals surface area contributed by atoms with Crippen molar-refractivity contribution in [3.05, 3.63) is 58.9 Å². The van der Waals surface area contributed by atoms with Gasteiger partial charge in [-0.15, -0.1) is 0 Å². The van der Waals surface area contributed by atoms with Crippen molar-refractivity contribution in [2.24, 2.45) is 11.8 Å². The van der Waals surface area contributed by atoms with E-state index in [9.17, 15) is 9.59 Å². The summed E-state index contributed by atoms with van der Waals surface area (Å²) in [6.07, 6.45) is 1.25. The molecule has 1 aromatic heterocycles. The highest BCUT2D eigenvalue weighted by Gasteiger charge is 2.56. The van der Waals surface area contributed by atoms with Crippen molar-refractivity contribution in [3.8, 4) is 16.9 Å². The molecule has 9 heteroatoms. The van der Waals surface area contributed by atoms with E-state index < -0.39 is 12.1 Å². The predicted octanol–water partition coefficient (Wildman–Crippen LogP) is 5.97. The lowest BCUT2D eigenvalue weighted by Gasteiger charge is -2.31. The number of hydrogen-bond donors (Lipinski definition) is 2. The second-order valence-electron chi connectivity index (χ2n) is 11.2. The molecule has 4 unspecified atom stereocenters. The van der Waals surface area contributed by atoms with Crippen molar-refractivity contribution in [2.75, 3.05) is 7.11 Å². The van der Waals surface area contributed by atoms with Gasteiger partial charge in [0, 0.05) is 22.0 Å². The van der Waals surface area contributed by atoms with Crippen LogP contribution in [0.1, 0.15) is 44.1 Å². The second kappa shape index (κ2) is 8.88. The number of carbonyl (C=O) groups is 2. The van der Waals surface area contributed by atoms with Gasteiger partial charge in [-0.1, -0.05) is 37.6 Å². The molecule has 1 saturated carbocycles. The highest BCUT2D eigenvalue weighted by molar-refractivity contribution is 6.30. The maximum Gasteiger partial charge on any atom is 0.407 e. The number of ether oxygens (including phenoxy) is 2. The number of aromatic amines is 1. The number of hydrogen-bond acceptors (Lipinski definition) is 5. The van der Waals surface area contributed by atoms with Crippen molar-refractivity contribution in [2.45, 2.75) is 51.4 Å². The van der Waals surface area contributed by atoms with Crippen LogP contribution in [0.2, 0.25) is 5.02 Å². The number of piperidine rings is 1. The zero-order valence-corrected chi connectivity index (χ0v) is 22.7. The zero-order chi connectivity index (χ0) is 27.0. The SMILES string of the molecule is COC(=O)NC(C(=O)N1C(c2nc3c(ccc4cc5c(cc43)OCc3cc(Cl)ccc3-5)[nH]2)CC2CC21)C(C)C. The van der Waals surface area contributed by atoms with Crippen LogP contribution in [0.25, 0.3) is 32.9 Å². The van der Waals surface area contributed by atoms with Crippen LogP contribution >= 0.6 is 11.6 Å². The van der Waals surface area contributed by atoms with Crippen LogP contribution in [-0.4, -0.2) is 46.1 Å². The number of aromatic nitrogens is 2. The Morgan fingerprint density at radius 3 is 2.79 bits per heavy atom. The molecular weight excluding hydrogens is 516 g/mol. The molecule has 2 aliphatic heterocycles. The third-order valence-corrected chi connectivity index (χ3v) is 8.63. The molecule has 3 heterocycles. The van der Waals surface area contributed by atoms with Crippen molar-refractivity contribution < 1.29 is 19.1 Å². The molecule has 4 aromatic rings. The van der Waals surface area contributed by atoms with E-state index in [4.69, 9.17) is 26.1 Å². The lowest BCUT2D eigenvalue weighted by Crippen LogP contribution is -2.52. The standard InChI is InChI=1S/C30H29ClN4O4/c1-14(2)26(34-30(37)38-3)29(36)35-23-10-16(23)11-24(35)28-32-22-7-4-15-9-21-19-6-5-18(31)8-17(19)13-39-25(21)12-20(15)27(22)33-28/h4-9,12,14,16,23-24,26H,10-11,13H2,1-3H3,(H,32,33)(H,34,37). The number of amides is 2. The van der Waals surface area contributed by atoms with E-state index in [0.717, 1.165) is 62.9 Å². The summed E-state index contributed by atoms with van der Waals surface area (Å²) in [6.45, 7) is 4.32. The molecule has 4 atom stereocenters. The van der Waals surface area contributed by atoms with Gasteiger partial charge in [0.2, 0.25) is 5.91 Å². The lowest BCUT2D eigenvalue weighted by molar-refractivity contribution is -0.136. The molecule has 0 bridgehead atoms. The van der Waals surface area contributed by atoms with Crippen LogP contribution in [0.15, 0.2) is 42.5 Å². The fourth-order valence-electron chi connectivity index (χ4n) is 6.31.